The Kier molecular flexibility index (Phi) is 4.44. The number of aliphatic hydroxyl groups is 1. The van der Waals surface area contributed by atoms with Crippen molar-refractivity contribution in [2.45, 2.75) is 37.3 Å². The van der Waals surface area contributed by atoms with Gasteiger partial charge in [0.05, 0.1) is 36.2 Å². The molecule has 1 aromatic carbocycles. The summed E-state index contributed by atoms with van der Waals surface area (Å²) < 4.78 is 50.3. The van der Waals surface area contributed by atoms with Crippen LogP contribution in [0.2, 0.25) is 0 Å². The second kappa shape index (κ2) is 7.00. The Balaban J connectivity index is 1.56. The molecule has 152 valence electrons. The predicted octanol–water partition coefficient (Wildman–Crippen LogP) is 3.25. The molecule has 0 bridgehead atoms. The van der Waals surface area contributed by atoms with E-state index in [1.807, 2.05) is 0 Å². The van der Waals surface area contributed by atoms with E-state index < -0.39 is 23.6 Å². The van der Waals surface area contributed by atoms with E-state index in [0.29, 0.717) is 18.6 Å². The molecule has 6 nitrogen and oxygen atoms in total. The van der Waals surface area contributed by atoms with Crippen molar-refractivity contribution in [1.82, 2.24) is 14.6 Å². The topological polar surface area (TPSA) is 71.7 Å². The maximum absolute atomic E-state index is 14.8. The molecule has 2 N–H and O–H groups in total. The van der Waals surface area contributed by atoms with E-state index >= 15 is 0 Å². The summed E-state index contributed by atoms with van der Waals surface area (Å²) in [4.78, 5) is 4.07. The predicted molar refractivity (Wildman–Crippen MR) is 99.1 cm³/mol. The molecule has 2 atom stereocenters. The highest BCUT2D eigenvalue weighted by molar-refractivity contribution is 5.68. The van der Waals surface area contributed by atoms with Gasteiger partial charge in [0.2, 0.25) is 5.95 Å². The SMILES string of the molecule is O[C@@H]1COCC[C@H]1Nc1ncc2c(F)cc(-c3c(F)cc(C4CC4)cc3F)n2n1. The van der Waals surface area contributed by atoms with Crippen molar-refractivity contribution in [3.05, 3.63) is 47.4 Å². The van der Waals surface area contributed by atoms with Gasteiger partial charge in [0.1, 0.15) is 17.2 Å². The maximum atomic E-state index is 14.8. The number of anilines is 1. The minimum Gasteiger partial charge on any atom is -0.389 e. The van der Waals surface area contributed by atoms with Crippen molar-refractivity contribution in [3.63, 3.8) is 0 Å². The number of ether oxygens (including phenoxy) is 1. The summed E-state index contributed by atoms with van der Waals surface area (Å²) >= 11 is 0. The highest BCUT2D eigenvalue weighted by Crippen LogP contribution is 2.42. The average Bonchev–Trinajstić information content (AvgIpc) is 3.49. The van der Waals surface area contributed by atoms with Gasteiger partial charge in [-0.05, 0) is 42.9 Å². The number of benzene rings is 1. The van der Waals surface area contributed by atoms with E-state index in [-0.39, 0.29) is 41.3 Å². The minimum atomic E-state index is -0.751. The number of nitrogens with zero attached hydrogens (tertiary/aromatic N) is 3. The smallest absolute Gasteiger partial charge is 0.241 e. The van der Waals surface area contributed by atoms with E-state index in [1.54, 1.807) is 0 Å². The monoisotopic (exact) mass is 404 g/mol. The Labute approximate surface area is 164 Å². The van der Waals surface area contributed by atoms with Gasteiger partial charge < -0.3 is 15.2 Å². The van der Waals surface area contributed by atoms with Crippen LogP contribution in [-0.4, -0.2) is 45.1 Å². The van der Waals surface area contributed by atoms with Crippen LogP contribution in [0.4, 0.5) is 19.1 Å². The van der Waals surface area contributed by atoms with Crippen molar-refractivity contribution in [3.8, 4) is 11.3 Å². The number of aliphatic hydroxyl groups excluding tert-OH is 1. The van der Waals surface area contributed by atoms with Gasteiger partial charge in [-0.1, -0.05) is 0 Å². The Morgan fingerprint density at radius 3 is 2.52 bits per heavy atom. The van der Waals surface area contributed by atoms with Crippen LogP contribution in [0.5, 0.6) is 0 Å². The zero-order valence-corrected chi connectivity index (χ0v) is 15.4. The summed E-state index contributed by atoms with van der Waals surface area (Å²) in [5.41, 5.74) is 0.260. The fourth-order valence-electron chi connectivity index (χ4n) is 3.74. The largest absolute Gasteiger partial charge is 0.389 e. The standard InChI is InChI=1S/C20H19F3N4O2/c21-12-7-16(19-13(22)5-11(6-14(19)23)10-1-2-10)27-17(12)8-24-20(26-27)25-15-3-4-29-9-18(15)28/h5-8,10,15,18,28H,1-4,9H2,(H,25,26)/t15-,18-/m1/s1. The normalized spacial score (nSPS) is 22.2. The van der Waals surface area contributed by atoms with Gasteiger partial charge in [0.15, 0.2) is 5.82 Å². The summed E-state index contributed by atoms with van der Waals surface area (Å²) in [6, 6.07) is 3.34. The highest BCUT2D eigenvalue weighted by atomic mass is 19.1. The quantitative estimate of drug-likeness (QED) is 0.699. The molecule has 29 heavy (non-hydrogen) atoms. The van der Waals surface area contributed by atoms with Crippen LogP contribution < -0.4 is 5.32 Å². The lowest BCUT2D eigenvalue weighted by molar-refractivity contribution is -0.0136. The van der Waals surface area contributed by atoms with Gasteiger partial charge in [-0.25, -0.2) is 22.7 Å². The summed E-state index contributed by atoms with van der Waals surface area (Å²) in [5, 5.41) is 17.2. The molecule has 3 heterocycles. The number of hydrogen-bond acceptors (Lipinski definition) is 5. The van der Waals surface area contributed by atoms with E-state index in [1.165, 1.54) is 18.3 Å². The first-order valence-electron chi connectivity index (χ1n) is 9.57. The van der Waals surface area contributed by atoms with E-state index in [2.05, 4.69) is 15.4 Å². The van der Waals surface area contributed by atoms with Gasteiger partial charge >= 0.3 is 0 Å². The maximum Gasteiger partial charge on any atom is 0.241 e. The molecule has 0 radical (unpaired) electrons. The zero-order chi connectivity index (χ0) is 20.1. The molecule has 1 saturated carbocycles. The number of rotatable bonds is 4. The summed E-state index contributed by atoms with van der Waals surface area (Å²) in [6.45, 7) is 0.664. The van der Waals surface area contributed by atoms with Crippen LogP contribution in [-0.2, 0) is 4.74 Å². The Morgan fingerprint density at radius 1 is 1.07 bits per heavy atom. The highest BCUT2D eigenvalue weighted by Gasteiger charge is 2.28. The third kappa shape index (κ3) is 3.34. The van der Waals surface area contributed by atoms with Crippen molar-refractivity contribution >= 4 is 11.5 Å². The molecule has 5 rings (SSSR count). The van der Waals surface area contributed by atoms with Gasteiger partial charge in [0, 0.05) is 12.7 Å². The second-order valence-electron chi connectivity index (χ2n) is 7.57. The number of aromatic nitrogens is 3. The van der Waals surface area contributed by atoms with Crippen LogP contribution >= 0.6 is 0 Å². The molecule has 1 saturated heterocycles. The van der Waals surface area contributed by atoms with Gasteiger partial charge in [-0.15, -0.1) is 5.10 Å². The van der Waals surface area contributed by atoms with Gasteiger partial charge in [0.25, 0.3) is 0 Å². The first-order valence-corrected chi connectivity index (χ1v) is 9.57. The Hall–Kier alpha value is -2.65. The molecular weight excluding hydrogens is 385 g/mol. The molecule has 9 heteroatoms. The van der Waals surface area contributed by atoms with Crippen LogP contribution in [0.3, 0.4) is 0 Å². The van der Waals surface area contributed by atoms with Crippen LogP contribution in [0.1, 0.15) is 30.7 Å². The van der Waals surface area contributed by atoms with Crippen molar-refractivity contribution in [2.75, 3.05) is 18.5 Å². The fourth-order valence-corrected chi connectivity index (χ4v) is 3.74. The summed E-state index contributed by atoms with van der Waals surface area (Å²) in [6.07, 6.45) is 2.88. The van der Waals surface area contributed by atoms with Crippen molar-refractivity contribution < 1.29 is 23.0 Å². The lowest BCUT2D eigenvalue weighted by atomic mass is 10.0. The molecule has 1 aliphatic carbocycles. The Morgan fingerprint density at radius 2 is 1.83 bits per heavy atom. The van der Waals surface area contributed by atoms with Crippen LogP contribution in [0.15, 0.2) is 24.4 Å². The third-order valence-electron chi connectivity index (χ3n) is 5.48. The summed E-state index contributed by atoms with van der Waals surface area (Å²) in [5.74, 6) is -1.87. The Bertz CT molecular complexity index is 1060. The number of hydrogen-bond donors (Lipinski definition) is 2. The van der Waals surface area contributed by atoms with Crippen molar-refractivity contribution in [2.24, 2.45) is 0 Å². The summed E-state index contributed by atoms with van der Waals surface area (Å²) in [7, 11) is 0. The molecule has 0 spiro atoms. The van der Waals surface area contributed by atoms with Crippen LogP contribution in [0, 0.1) is 17.5 Å². The first kappa shape index (κ1) is 18.4. The molecule has 2 fully saturated rings. The van der Waals surface area contributed by atoms with E-state index in [0.717, 1.165) is 23.4 Å². The number of nitrogens with one attached hydrogen (secondary N) is 1. The van der Waals surface area contributed by atoms with Gasteiger partial charge in [-0.3, -0.25) is 0 Å². The number of halogens is 3. The molecular formula is C20H19F3N4O2. The lowest BCUT2D eigenvalue weighted by Gasteiger charge is -2.28. The number of fused-ring (bicyclic) bond motifs is 1. The molecule has 1 aliphatic heterocycles. The van der Waals surface area contributed by atoms with Crippen LogP contribution in [0.25, 0.3) is 16.8 Å². The first-order chi connectivity index (χ1) is 14.0. The molecule has 3 aromatic rings. The fraction of sp³-hybridized carbons (Fsp3) is 0.400. The zero-order valence-electron chi connectivity index (χ0n) is 15.4. The minimum absolute atomic E-state index is 0.00291. The molecule has 2 aliphatic rings. The average molecular weight is 404 g/mol. The second-order valence-corrected chi connectivity index (χ2v) is 7.57. The van der Waals surface area contributed by atoms with Gasteiger partial charge in [-0.2, -0.15) is 0 Å². The van der Waals surface area contributed by atoms with Crippen molar-refractivity contribution in [1.29, 1.82) is 0 Å². The van der Waals surface area contributed by atoms with E-state index in [9.17, 15) is 18.3 Å². The van der Waals surface area contributed by atoms with E-state index in [4.69, 9.17) is 4.74 Å². The molecule has 2 aromatic heterocycles. The molecule has 0 amide bonds. The lowest BCUT2D eigenvalue weighted by Crippen LogP contribution is -2.42. The third-order valence-corrected chi connectivity index (χ3v) is 5.48. The molecule has 0 unspecified atom stereocenters.